The summed E-state index contributed by atoms with van der Waals surface area (Å²) in [5.41, 5.74) is 1.25. The van der Waals surface area contributed by atoms with E-state index in [9.17, 15) is 4.79 Å². The van der Waals surface area contributed by atoms with Crippen LogP contribution in [-0.4, -0.2) is 48.4 Å². The second kappa shape index (κ2) is 7.10. The van der Waals surface area contributed by atoms with Gasteiger partial charge in [0.1, 0.15) is 0 Å². The number of rotatable bonds is 4. The maximum atomic E-state index is 12.8. The Bertz CT molecular complexity index is 589. The fraction of sp³-hybridized carbons (Fsp3) is 0.571. The SMILES string of the molecule is O=C(C1CC2CCC1C2)N1CCN(CC=Cc2ccccc2)CC1. The molecule has 3 nitrogen and oxygen atoms in total. The van der Waals surface area contributed by atoms with Crippen LogP contribution in [-0.2, 0) is 4.79 Å². The second-order valence-electron chi connectivity index (χ2n) is 7.72. The maximum Gasteiger partial charge on any atom is 0.226 e. The third-order valence-electron chi connectivity index (χ3n) is 6.21. The topological polar surface area (TPSA) is 23.6 Å². The van der Waals surface area contributed by atoms with Crippen molar-refractivity contribution in [2.24, 2.45) is 17.8 Å². The first-order chi connectivity index (χ1) is 11.8. The Morgan fingerprint density at radius 3 is 2.50 bits per heavy atom. The number of benzene rings is 1. The first-order valence-electron chi connectivity index (χ1n) is 9.52. The molecule has 0 aromatic heterocycles. The molecule has 1 heterocycles. The molecule has 0 spiro atoms. The van der Waals surface area contributed by atoms with E-state index < -0.39 is 0 Å². The Hall–Kier alpha value is -1.61. The lowest BCUT2D eigenvalue weighted by molar-refractivity contribution is -0.138. The Balaban J connectivity index is 1.23. The highest BCUT2D eigenvalue weighted by Crippen LogP contribution is 2.48. The summed E-state index contributed by atoms with van der Waals surface area (Å²) in [4.78, 5) is 17.4. The van der Waals surface area contributed by atoms with Gasteiger partial charge in [-0.15, -0.1) is 0 Å². The van der Waals surface area contributed by atoms with Crippen molar-refractivity contribution >= 4 is 12.0 Å². The van der Waals surface area contributed by atoms with Crippen LogP contribution in [0.3, 0.4) is 0 Å². The fourth-order valence-electron chi connectivity index (χ4n) is 4.83. The van der Waals surface area contributed by atoms with Crippen molar-refractivity contribution < 1.29 is 4.79 Å². The van der Waals surface area contributed by atoms with Crippen molar-refractivity contribution in [1.82, 2.24) is 9.80 Å². The van der Waals surface area contributed by atoms with E-state index in [1.54, 1.807) is 0 Å². The molecule has 2 saturated carbocycles. The van der Waals surface area contributed by atoms with E-state index >= 15 is 0 Å². The van der Waals surface area contributed by atoms with E-state index in [4.69, 9.17) is 0 Å². The molecule has 128 valence electrons. The van der Waals surface area contributed by atoms with Crippen molar-refractivity contribution in [3.63, 3.8) is 0 Å². The smallest absolute Gasteiger partial charge is 0.226 e. The van der Waals surface area contributed by atoms with Gasteiger partial charge in [0, 0.05) is 38.6 Å². The minimum Gasteiger partial charge on any atom is -0.340 e. The number of nitrogens with zero attached hydrogens (tertiary/aromatic N) is 2. The predicted octanol–water partition coefficient (Wildman–Crippen LogP) is 3.28. The van der Waals surface area contributed by atoms with Gasteiger partial charge in [0.15, 0.2) is 0 Å². The van der Waals surface area contributed by atoms with Crippen LogP contribution in [0, 0.1) is 17.8 Å². The zero-order valence-corrected chi connectivity index (χ0v) is 14.4. The lowest BCUT2D eigenvalue weighted by atomic mass is 9.87. The van der Waals surface area contributed by atoms with Crippen LogP contribution in [0.2, 0.25) is 0 Å². The highest BCUT2D eigenvalue weighted by Gasteiger charge is 2.44. The van der Waals surface area contributed by atoms with Crippen LogP contribution in [0.1, 0.15) is 31.2 Å². The number of piperazine rings is 1. The molecule has 3 unspecified atom stereocenters. The monoisotopic (exact) mass is 324 g/mol. The molecule has 1 amide bonds. The number of carbonyl (C=O) groups excluding carboxylic acids is 1. The molecule has 0 radical (unpaired) electrons. The van der Waals surface area contributed by atoms with E-state index in [1.807, 2.05) is 6.07 Å². The summed E-state index contributed by atoms with van der Waals surface area (Å²) in [5, 5.41) is 0. The Kier molecular flexibility index (Phi) is 4.70. The lowest BCUT2D eigenvalue weighted by Gasteiger charge is -2.36. The molecule has 3 atom stereocenters. The quantitative estimate of drug-likeness (QED) is 0.848. The molecule has 1 saturated heterocycles. The Morgan fingerprint density at radius 2 is 1.83 bits per heavy atom. The van der Waals surface area contributed by atoms with Gasteiger partial charge in [-0.3, -0.25) is 9.69 Å². The van der Waals surface area contributed by atoms with Gasteiger partial charge >= 0.3 is 0 Å². The molecule has 1 aromatic rings. The summed E-state index contributed by atoms with van der Waals surface area (Å²) in [6.45, 7) is 4.81. The van der Waals surface area contributed by atoms with Gasteiger partial charge in [0.25, 0.3) is 0 Å². The minimum absolute atomic E-state index is 0.355. The van der Waals surface area contributed by atoms with Gasteiger partial charge in [-0.1, -0.05) is 48.9 Å². The van der Waals surface area contributed by atoms with E-state index in [2.05, 4.69) is 46.2 Å². The highest BCUT2D eigenvalue weighted by atomic mass is 16.2. The molecular weight excluding hydrogens is 296 g/mol. The molecule has 2 aliphatic carbocycles. The Morgan fingerprint density at radius 1 is 1.04 bits per heavy atom. The fourth-order valence-corrected chi connectivity index (χ4v) is 4.83. The predicted molar refractivity (Wildman–Crippen MR) is 97.4 cm³/mol. The zero-order valence-electron chi connectivity index (χ0n) is 14.4. The zero-order chi connectivity index (χ0) is 16.4. The van der Waals surface area contributed by atoms with E-state index in [1.165, 1.54) is 31.2 Å². The summed E-state index contributed by atoms with van der Waals surface area (Å²) in [6, 6.07) is 10.4. The third kappa shape index (κ3) is 3.41. The van der Waals surface area contributed by atoms with Crippen LogP contribution in [0.4, 0.5) is 0 Å². The van der Waals surface area contributed by atoms with Crippen molar-refractivity contribution in [1.29, 1.82) is 0 Å². The molecule has 3 heteroatoms. The molecule has 4 rings (SSSR count). The highest BCUT2D eigenvalue weighted by molar-refractivity contribution is 5.79. The first-order valence-corrected chi connectivity index (χ1v) is 9.52. The summed E-state index contributed by atoms with van der Waals surface area (Å²) in [7, 11) is 0. The standard InChI is InChI=1S/C21H28N2O/c24-21(20-16-18-8-9-19(20)15-18)23-13-11-22(12-14-23)10-4-7-17-5-2-1-3-6-17/h1-7,18-20H,8-16H2. The normalized spacial score (nSPS) is 30.3. The Labute approximate surface area is 145 Å². The van der Waals surface area contributed by atoms with Gasteiger partial charge in [-0.25, -0.2) is 0 Å². The first kappa shape index (κ1) is 15.9. The van der Waals surface area contributed by atoms with Crippen LogP contribution >= 0.6 is 0 Å². The average molecular weight is 324 g/mol. The van der Waals surface area contributed by atoms with Crippen LogP contribution < -0.4 is 0 Å². The van der Waals surface area contributed by atoms with E-state index in [-0.39, 0.29) is 0 Å². The lowest BCUT2D eigenvalue weighted by Crippen LogP contribution is -2.50. The van der Waals surface area contributed by atoms with Crippen molar-refractivity contribution in [3.8, 4) is 0 Å². The molecule has 1 aromatic carbocycles. The van der Waals surface area contributed by atoms with Gasteiger partial charge in [-0.05, 0) is 36.7 Å². The largest absolute Gasteiger partial charge is 0.340 e. The number of amides is 1. The van der Waals surface area contributed by atoms with Gasteiger partial charge in [-0.2, -0.15) is 0 Å². The number of carbonyl (C=O) groups is 1. The molecule has 2 bridgehead atoms. The second-order valence-corrected chi connectivity index (χ2v) is 7.72. The minimum atomic E-state index is 0.355. The van der Waals surface area contributed by atoms with Gasteiger partial charge < -0.3 is 4.90 Å². The molecular formula is C21H28N2O. The van der Waals surface area contributed by atoms with Gasteiger partial charge in [0.05, 0.1) is 0 Å². The number of fused-ring (bicyclic) bond motifs is 2. The molecule has 1 aliphatic heterocycles. The van der Waals surface area contributed by atoms with Crippen LogP contribution in [0.5, 0.6) is 0 Å². The summed E-state index contributed by atoms with van der Waals surface area (Å²) < 4.78 is 0. The number of hydrogen-bond donors (Lipinski definition) is 0. The van der Waals surface area contributed by atoms with Crippen LogP contribution in [0.15, 0.2) is 36.4 Å². The van der Waals surface area contributed by atoms with E-state index in [0.29, 0.717) is 17.7 Å². The summed E-state index contributed by atoms with van der Waals surface area (Å²) in [5.74, 6) is 2.37. The van der Waals surface area contributed by atoms with Crippen molar-refractivity contribution in [3.05, 3.63) is 42.0 Å². The molecule has 24 heavy (non-hydrogen) atoms. The van der Waals surface area contributed by atoms with Crippen molar-refractivity contribution in [2.75, 3.05) is 32.7 Å². The van der Waals surface area contributed by atoms with Crippen LogP contribution in [0.25, 0.3) is 6.08 Å². The molecule has 0 N–H and O–H groups in total. The summed E-state index contributed by atoms with van der Waals surface area (Å²) in [6.07, 6.45) is 9.58. The van der Waals surface area contributed by atoms with Gasteiger partial charge in [0.2, 0.25) is 5.91 Å². The number of hydrogen-bond acceptors (Lipinski definition) is 2. The third-order valence-corrected chi connectivity index (χ3v) is 6.21. The molecule has 3 aliphatic rings. The van der Waals surface area contributed by atoms with Crippen molar-refractivity contribution in [2.45, 2.75) is 25.7 Å². The summed E-state index contributed by atoms with van der Waals surface area (Å²) >= 11 is 0. The molecule has 3 fully saturated rings. The average Bonchev–Trinajstić information content (AvgIpc) is 3.26. The maximum absolute atomic E-state index is 12.8. The van der Waals surface area contributed by atoms with E-state index in [0.717, 1.165) is 38.6 Å².